The van der Waals surface area contributed by atoms with E-state index in [4.69, 9.17) is 19.3 Å². The molecule has 24 heavy (non-hydrogen) atoms. The van der Waals surface area contributed by atoms with Gasteiger partial charge in [-0.1, -0.05) is 0 Å². The summed E-state index contributed by atoms with van der Waals surface area (Å²) >= 11 is 0. The van der Waals surface area contributed by atoms with E-state index in [2.05, 4.69) is 5.32 Å². The lowest BCUT2D eigenvalue weighted by Gasteiger charge is -2.19. The molecule has 1 aromatic carbocycles. The minimum atomic E-state index is -1.15. The third-order valence-corrected chi connectivity index (χ3v) is 2.55. The number of hydrogen-bond donors (Lipinski definition) is 3. The summed E-state index contributed by atoms with van der Waals surface area (Å²) in [5.74, 6) is -1.10. The van der Waals surface area contributed by atoms with E-state index in [1.165, 1.54) is 12.1 Å². The Kier molecular flexibility index (Phi) is 7.31. The van der Waals surface area contributed by atoms with Gasteiger partial charge in [-0.2, -0.15) is 0 Å². The summed E-state index contributed by atoms with van der Waals surface area (Å²) in [6.45, 7) is 6.32. The zero-order valence-electron chi connectivity index (χ0n) is 14.0. The fraction of sp³-hybridized carbons (Fsp3) is 0.500. The number of ether oxygens (including phenoxy) is 3. The third kappa shape index (κ3) is 8.23. The number of aromatic hydroxyl groups is 1. The van der Waals surface area contributed by atoms with Crippen LogP contribution in [0.4, 0.5) is 4.79 Å². The SMILES string of the molecule is CC(C)(C)OC(=O)NCCOCCOc1cc(O)cc(C(=O)O)c1. The molecule has 0 aliphatic carbocycles. The molecular weight excluding hydrogens is 318 g/mol. The Morgan fingerprint density at radius 3 is 2.46 bits per heavy atom. The van der Waals surface area contributed by atoms with E-state index in [1.54, 1.807) is 20.8 Å². The molecule has 1 amide bonds. The van der Waals surface area contributed by atoms with Crippen LogP contribution in [0.1, 0.15) is 31.1 Å². The molecule has 0 aliphatic heterocycles. The van der Waals surface area contributed by atoms with Crippen molar-refractivity contribution in [2.45, 2.75) is 26.4 Å². The van der Waals surface area contributed by atoms with Gasteiger partial charge >= 0.3 is 12.1 Å². The molecule has 0 heterocycles. The van der Waals surface area contributed by atoms with Crippen molar-refractivity contribution >= 4 is 12.1 Å². The van der Waals surface area contributed by atoms with Gasteiger partial charge in [0.15, 0.2) is 0 Å². The van der Waals surface area contributed by atoms with Crippen molar-refractivity contribution < 1.29 is 34.0 Å². The normalized spacial score (nSPS) is 11.0. The summed E-state index contributed by atoms with van der Waals surface area (Å²) in [4.78, 5) is 22.2. The standard InChI is InChI=1S/C16H23NO7/c1-16(2,3)24-15(21)17-4-5-22-6-7-23-13-9-11(14(19)20)8-12(18)10-13/h8-10,18H,4-7H2,1-3H3,(H,17,21)(H,19,20). The van der Waals surface area contributed by atoms with E-state index in [0.29, 0.717) is 6.54 Å². The molecule has 0 bridgehead atoms. The Morgan fingerprint density at radius 2 is 1.83 bits per heavy atom. The zero-order valence-corrected chi connectivity index (χ0v) is 14.0. The molecule has 0 unspecified atom stereocenters. The molecule has 0 fully saturated rings. The highest BCUT2D eigenvalue weighted by molar-refractivity contribution is 5.88. The van der Waals surface area contributed by atoms with Gasteiger partial charge in [-0.25, -0.2) is 9.59 Å². The van der Waals surface area contributed by atoms with Gasteiger partial charge in [0.1, 0.15) is 23.7 Å². The molecule has 0 saturated carbocycles. The summed E-state index contributed by atoms with van der Waals surface area (Å²) < 4.78 is 15.6. The predicted octanol–water partition coefficient (Wildman–Crippen LogP) is 2.01. The van der Waals surface area contributed by atoms with Crippen LogP contribution in [0.3, 0.4) is 0 Å². The lowest BCUT2D eigenvalue weighted by atomic mass is 10.2. The monoisotopic (exact) mass is 341 g/mol. The molecule has 8 heteroatoms. The van der Waals surface area contributed by atoms with E-state index in [1.807, 2.05) is 0 Å². The van der Waals surface area contributed by atoms with Crippen molar-refractivity contribution in [2.75, 3.05) is 26.4 Å². The lowest BCUT2D eigenvalue weighted by molar-refractivity contribution is 0.0488. The number of carboxylic acid groups (broad SMARTS) is 1. The van der Waals surface area contributed by atoms with Crippen LogP contribution in [0.2, 0.25) is 0 Å². The Bertz CT molecular complexity index is 566. The van der Waals surface area contributed by atoms with Crippen LogP contribution < -0.4 is 10.1 Å². The van der Waals surface area contributed by atoms with Crippen molar-refractivity contribution in [1.82, 2.24) is 5.32 Å². The maximum Gasteiger partial charge on any atom is 0.407 e. The van der Waals surface area contributed by atoms with Crippen LogP contribution in [0.25, 0.3) is 0 Å². The topological polar surface area (TPSA) is 114 Å². The Morgan fingerprint density at radius 1 is 1.12 bits per heavy atom. The number of hydrogen-bond acceptors (Lipinski definition) is 6. The molecule has 3 N–H and O–H groups in total. The number of phenolic OH excluding ortho intramolecular Hbond substituents is 1. The molecule has 8 nitrogen and oxygen atoms in total. The predicted molar refractivity (Wildman–Crippen MR) is 85.6 cm³/mol. The first-order chi connectivity index (χ1) is 11.2. The van der Waals surface area contributed by atoms with Crippen molar-refractivity contribution in [2.24, 2.45) is 0 Å². The number of carboxylic acids is 1. The van der Waals surface area contributed by atoms with Gasteiger partial charge in [0.2, 0.25) is 0 Å². The molecule has 0 aromatic heterocycles. The van der Waals surface area contributed by atoms with Crippen LogP contribution in [-0.2, 0) is 9.47 Å². The van der Waals surface area contributed by atoms with E-state index in [9.17, 15) is 14.7 Å². The summed E-state index contributed by atoms with van der Waals surface area (Å²) in [5, 5.41) is 20.9. The first-order valence-corrected chi connectivity index (χ1v) is 7.42. The van der Waals surface area contributed by atoms with Gasteiger partial charge in [0.25, 0.3) is 0 Å². The molecule has 0 saturated heterocycles. The van der Waals surface area contributed by atoms with Crippen LogP contribution in [0.5, 0.6) is 11.5 Å². The van der Waals surface area contributed by atoms with Gasteiger partial charge in [-0.15, -0.1) is 0 Å². The first kappa shape index (κ1) is 19.6. The van der Waals surface area contributed by atoms with Crippen LogP contribution in [0, 0.1) is 0 Å². The highest BCUT2D eigenvalue weighted by Gasteiger charge is 2.15. The number of benzene rings is 1. The average Bonchev–Trinajstić information content (AvgIpc) is 2.43. The van der Waals surface area contributed by atoms with Crippen LogP contribution >= 0.6 is 0 Å². The van der Waals surface area contributed by atoms with E-state index in [0.717, 1.165) is 6.07 Å². The Labute approximate surface area is 140 Å². The molecule has 0 aliphatic rings. The highest BCUT2D eigenvalue weighted by Crippen LogP contribution is 2.21. The maximum atomic E-state index is 11.4. The highest BCUT2D eigenvalue weighted by atomic mass is 16.6. The maximum absolute atomic E-state index is 11.4. The summed E-state index contributed by atoms with van der Waals surface area (Å²) in [6.07, 6.45) is -0.511. The van der Waals surface area contributed by atoms with Crippen molar-refractivity contribution in [3.8, 4) is 11.5 Å². The molecule has 134 valence electrons. The zero-order chi connectivity index (χ0) is 18.2. The van der Waals surface area contributed by atoms with Gasteiger partial charge in [-0.3, -0.25) is 0 Å². The number of carbonyl (C=O) groups excluding carboxylic acids is 1. The molecule has 0 radical (unpaired) electrons. The van der Waals surface area contributed by atoms with Crippen LogP contribution in [-0.4, -0.2) is 54.2 Å². The summed E-state index contributed by atoms with van der Waals surface area (Å²) in [5.41, 5.74) is -0.609. The quantitative estimate of drug-likeness (QED) is 0.620. The number of carbonyl (C=O) groups is 2. The number of alkyl carbamates (subject to hydrolysis) is 1. The first-order valence-electron chi connectivity index (χ1n) is 7.42. The van der Waals surface area contributed by atoms with Gasteiger partial charge in [-0.05, 0) is 32.9 Å². The molecular formula is C16H23NO7. The fourth-order valence-corrected chi connectivity index (χ4v) is 1.65. The number of phenols is 1. The molecule has 1 aromatic rings. The number of amides is 1. The van der Waals surface area contributed by atoms with E-state index in [-0.39, 0.29) is 36.9 Å². The molecule has 0 spiro atoms. The Balaban J connectivity index is 2.19. The minimum absolute atomic E-state index is 0.0625. The van der Waals surface area contributed by atoms with Gasteiger partial charge < -0.3 is 29.7 Å². The summed E-state index contributed by atoms with van der Waals surface area (Å²) in [6, 6.07) is 3.76. The van der Waals surface area contributed by atoms with Gasteiger partial charge in [0, 0.05) is 12.6 Å². The van der Waals surface area contributed by atoms with Crippen LogP contribution in [0.15, 0.2) is 18.2 Å². The third-order valence-electron chi connectivity index (χ3n) is 2.55. The lowest BCUT2D eigenvalue weighted by Crippen LogP contribution is -2.34. The second-order valence-electron chi connectivity index (χ2n) is 5.91. The number of aromatic carboxylic acids is 1. The van der Waals surface area contributed by atoms with Gasteiger partial charge in [0.05, 0.1) is 18.8 Å². The molecule has 0 atom stereocenters. The second kappa shape index (κ2) is 8.97. The largest absolute Gasteiger partial charge is 0.508 e. The van der Waals surface area contributed by atoms with E-state index >= 15 is 0 Å². The Hall–Kier alpha value is -2.48. The second-order valence-corrected chi connectivity index (χ2v) is 5.91. The molecule has 1 rings (SSSR count). The number of rotatable bonds is 8. The van der Waals surface area contributed by atoms with Crippen molar-refractivity contribution in [1.29, 1.82) is 0 Å². The minimum Gasteiger partial charge on any atom is -0.508 e. The fourth-order valence-electron chi connectivity index (χ4n) is 1.65. The average molecular weight is 341 g/mol. The summed E-state index contributed by atoms with van der Waals surface area (Å²) in [7, 11) is 0. The smallest absolute Gasteiger partial charge is 0.407 e. The van der Waals surface area contributed by atoms with Crippen molar-refractivity contribution in [3.05, 3.63) is 23.8 Å². The van der Waals surface area contributed by atoms with Crippen molar-refractivity contribution in [3.63, 3.8) is 0 Å². The van der Waals surface area contributed by atoms with E-state index < -0.39 is 17.7 Å². The number of nitrogens with one attached hydrogen (secondary N) is 1.